The van der Waals surface area contributed by atoms with Crippen molar-refractivity contribution < 1.29 is 9.59 Å². The number of amides is 4. The summed E-state index contributed by atoms with van der Waals surface area (Å²) in [7, 11) is 0. The Hall–Kier alpha value is -2.24. The molecule has 1 aromatic carbocycles. The quantitative estimate of drug-likeness (QED) is 0.774. The Morgan fingerprint density at radius 2 is 1.90 bits per heavy atom. The van der Waals surface area contributed by atoms with Gasteiger partial charge in [-0.3, -0.25) is 4.90 Å². The van der Waals surface area contributed by atoms with E-state index in [1.54, 1.807) is 17.0 Å². The zero-order valence-corrected chi connectivity index (χ0v) is 12.0. The molecule has 3 N–H and O–H groups in total. The Labute approximate surface area is 118 Å². The number of anilines is 2. The zero-order valence-electron chi connectivity index (χ0n) is 12.0. The zero-order chi connectivity index (χ0) is 14.8. The molecule has 0 atom stereocenters. The van der Waals surface area contributed by atoms with Gasteiger partial charge in [-0.2, -0.15) is 0 Å². The van der Waals surface area contributed by atoms with E-state index in [1.807, 2.05) is 32.9 Å². The molecule has 2 rings (SSSR count). The van der Waals surface area contributed by atoms with E-state index in [-0.39, 0.29) is 17.6 Å². The number of benzene rings is 1. The lowest BCUT2D eigenvalue weighted by Gasteiger charge is -2.21. The number of carbonyl (C=O) groups is 2. The number of urea groups is 2. The fourth-order valence-corrected chi connectivity index (χ4v) is 1.95. The van der Waals surface area contributed by atoms with E-state index in [0.717, 1.165) is 5.69 Å². The second-order valence-corrected chi connectivity index (χ2v) is 5.76. The van der Waals surface area contributed by atoms with Crippen molar-refractivity contribution >= 4 is 23.4 Å². The van der Waals surface area contributed by atoms with Crippen molar-refractivity contribution in [3.8, 4) is 0 Å². The summed E-state index contributed by atoms with van der Waals surface area (Å²) in [4.78, 5) is 24.9. The van der Waals surface area contributed by atoms with Crippen molar-refractivity contribution in [1.82, 2.24) is 10.6 Å². The first-order chi connectivity index (χ1) is 9.35. The fourth-order valence-electron chi connectivity index (χ4n) is 1.95. The third-order valence-corrected chi connectivity index (χ3v) is 2.78. The maximum Gasteiger partial charge on any atom is 0.321 e. The van der Waals surface area contributed by atoms with E-state index >= 15 is 0 Å². The van der Waals surface area contributed by atoms with Crippen molar-refractivity contribution in [1.29, 1.82) is 0 Å². The molecule has 6 nitrogen and oxygen atoms in total. The molecule has 0 bridgehead atoms. The summed E-state index contributed by atoms with van der Waals surface area (Å²) in [6.07, 6.45) is 0. The lowest BCUT2D eigenvalue weighted by atomic mass is 10.1. The first-order valence-corrected chi connectivity index (χ1v) is 6.60. The van der Waals surface area contributed by atoms with Crippen molar-refractivity contribution in [2.24, 2.45) is 0 Å². The van der Waals surface area contributed by atoms with E-state index in [4.69, 9.17) is 0 Å². The van der Waals surface area contributed by atoms with Crippen molar-refractivity contribution in [3.63, 3.8) is 0 Å². The Morgan fingerprint density at radius 3 is 2.40 bits per heavy atom. The van der Waals surface area contributed by atoms with Gasteiger partial charge in [0.25, 0.3) is 0 Å². The maximum atomic E-state index is 11.7. The van der Waals surface area contributed by atoms with Crippen LogP contribution in [-0.2, 0) is 0 Å². The van der Waals surface area contributed by atoms with Gasteiger partial charge in [0.15, 0.2) is 0 Å². The van der Waals surface area contributed by atoms with Crippen LogP contribution < -0.4 is 20.9 Å². The molecule has 1 aliphatic heterocycles. The Balaban J connectivity index is 1.98. The molecule has 0 radical (unpaired) electrons. The predicted octanol–water partition coefficient (Wildman–Crippen LogP) is 2.14. The van der Waals surface area contributed by atoms with Crippen LogP contribution >= 0.6 is 0 Å². The van der Waals surface area contributed by atoms with Crippen LogP contribution in [0.15, 0.2) is 24.3 Å². The Morgan fingerprint density at radius 1 is 1.25 bits per heavy atom. The van der Waals surface area contributed by atoms with Gasteiger partial charge in [0, 0.05) is 30.0 Å². The summed E-state index contributed by atoms with van der Waals surface area (Å²) in [6.45, 7) is 7.08. The summed E-state index contributed by atoms with van der Waals surface area (Å²) >= 11 is 0. The monoisotopic (exact) mass is 276 g/mol. The molecule has 1 saturated heterocycles. The van der Waals surface area contributed by atoms with Crippen LogP contribution in [0, 0.1) is 0 Å². The van der Waals surface area contributed by atoms with E-state index in [2.05, 4.69) is 16.0 Å². The highest BCUT2D eigenvalue weighted by atomic mass is 16.2. The highest BCUT2D eigenvalue weighted by molar-refractivity contribution is 5.95. The molecule has 0 spiro atoms. The summed E-state index contributed by atoms with van der Waals surface area (Å²) in [5, 5.41) is 8.33. The minimum absolute atomic E-state index is 0.0869. The number of hydrogen-bond acceptors (Lipinski definition) is 2. The van der Waals surface area contributed by atoms with Crippen LogP contribution in [0.2, 0.25) is 0 Å². The predicted molar refractivity (Wildman–Crippen MR) is 79.1 cm³/mol. The molecule has 1 fully saturated rings. The van der Waals surface area contributed by atoms with Crippen LogP contribution in [0.25, 0.3) is 0 Å². The first-order valence-electron chi connectivity index (χ1n) is 6.60. The highest BCUT2D eigenvalue weighted by Gasteiger charge is 2.20. The minimum Gasteiger partial charge on any atom is -0.336 e. The average Bonchev–Trinajstić information content (AvgIpc) is 2.74. The summed E-state index contributed by atoms with van der Waals surface area (Å²) < 4.78 is 0. The lowest BCUT2D eigenvalue weighted by Crippen LogP contribution is -2.43. The van der Waals surface area contributed by atoms with Crippen molar-refractivity contribution in [2.45, 2.75) is 26.3 Å². The van der Waals surface area contributed by atoms with Gasteiger partial charge < -0.3 is 16.0 Å². The number of nitrogens with one attached hydrogen (secondary N) is 3. The molecule has 20 heavy (non-hydrogen) atoms. The first kappa shape index (κ1) is 14.2. The van der Waals surface area contributed by atoms with E-state index in [0.29, 0.717) is 18.8 Å². The topological polar surface area (TPSA) is 73.5 Å². The van der Waals surface area contributed by atoms with Crippen molar-refractivity contribution in [2.75, 3.05) is 23.3 Å². The Kier molecular flexibility index (Phi) is 3.83. The maximum absolute atomic E-state index is 11.7. The smallest absolute Gasteiger partial charge is 0.321 e. The van der Waals surface area contributed by atoms with Crippen LogP contribution in [-0.4, -0.2) is 30.7 Å². The molecule has 1 aliphatic rings. The standard InChI is InChI=1S/C14H20N4O2/c1-14(2,3)17-12(19)16-10-4-6-11(7-5-10)18-9-8-15-13(18)20/h4-7H,8-9H2,1-3H3,(H,15,20)(H2,16,17,19). The number of carbonyl (C=O) groups excluding carboxylic acids is 2. The molecule has 0 aromatic heterocycles. The van der Waals surface area contributed by atoms with Crippen LogP contribution in [0.1, 0.15) is 20.8 Å². The average molecular weight is 276 g/mol. The second kappa shape index (κ2) is 5.40. The molecular formula is C14H20N4O2. The summed E-state index contributed by atoms with van der Waals surface area (Å²) in [5.41, 5.74) is 1.23. The molecular weight excluding hydrogens is 256 g/mol. The number of rotatable bonds is 2. The lowest BCUT2D eigenvalue weighted by molar-refractivity contribution is 0.243. The molecule has 108 valence electrons. The number of hydrogen-bond donors (Lipinski definition) is 3. The van der Waals surface area contributed by atoms with Gasteiger partial charge in [0.1, 0.15) is 0 Å². The molecule has 1 heterocycles. The minimum atomic E-state index is -0.280. The van der Waals surface area contributed by atoms with Gasteiger partial charge in [0.2, 0.25) is 0 Å². The van der Waals surface area contributed by atoms with Crippen LogP contribution in [0.5, 0.6) is 0 Å². The third-order valence-electron chi connectivity index (χ3n) is 2.78. The van der Waals surface area contributed by atoms with E-state index < -0.39 is 0 Å². The SMILES string of the molecule is CC(C)(C)NC(=O)Nc1ccc(N2CCNC2=O)cc1. The normalized spacial score (nSPS) is 14.9. The van der Waals surface area contributed by atoms with Gasteiger partial charge in [-0.05, 0) is 45.0 Å². The van der Waals surface area contributed by atoms with E-state index in [9.17, 15) is 9.59 Å². The number of nitrogens with zero attached hydrogens (tertiary/aromatic N) is 1. The van der Waals surface area contributed by atoms with Gasteiger partial charge in [-0.25, -0.2) is 9.59 Å². The van der Waals surface area contributed by atoms with Gasteiger partial charge in [-0.15, -0.1) is 0 Å². The molecule has 0 aliphatic carbocycles. The van der Waals surface area contributed by atoms with Gasteiger partial charge in [0.05, 0.1) is 0 Å². The Bertz CT molecular complexity index is 505. The largest absolute Gasteiger partial charge is 0.336 e. The molecule has 1 aromatic rings. The summed E-state index contributed by atoms with van der Waals surface area (Å²) in [6, 6.07) is 6.86. The fraction of sp³-hybridized carbons (Fsp3) is 0.429. The van der Waals surface area contributed by atoms with Gasteiger partial charge >= 0.3 is 12.1 Å². The molecule has 0 saturated carbocycles. The second-order valence-electron chi connectivity index (χ2n) is 5.76. The molecule has 4 amide bonds. The molecule has 6 heteroatoms. The van der Waals surface area contributed by atoms with Gasteiger partial charge in [-0.1, -0.05) is 0 Å². The van der Waals surface area contributed by atoms with Crippen molar-refractivity contribution in [3.05, 3.63) is 24.3 Å². The summed E-state index contributed by atoms with van der Waals surface area (Å²) in [5.74, 6) is 0. The van der Waals surface area contributed by atoms with Crippen LogP contribution in [0.4, 0.5) is 21.0 Å². The third kappa shape index (κ3) is 3.63. The molecule has 0 unspecified atom stereocenters. The highest BCUT2D eigenvalue weighted by Crippen LogP contribution is 2.19. The van der Waals surface area contributed by atoms with E-state index in [1.165, 1.54) is 0 Å². The van der Waals surface area contributed by atoms with Crippen LogP contribution in [0.3, 0.4) is 0 Å².